The molecule has 0 spiro atoms. The number of pyridine rings is 1. The maximum absolute atomic E-state index is 13.3. The number of amides is 2. The van der Waals surface area contributed by atoms with Crippen LogP contribution in [0.1, 0.15) is 82.1 Å². The molecule has 0 bridgehead atoms. The zero-order valence-corrected chi connectivity index (χ0v) is 38.3. The number of benzene rings is 4. The van der Waals surface area contributed by atoms with Gasteiger partial charge >= 0.3 is 6.09 Å². The maximum atomic E-state index is 13.3. The van der Waals surface area contributed by atoms with Crippen molar-refractivity contribution in [1.29, 1.82) is 0 Å². The molecule has 1 aliphatic rings. The van der Waals surface area contributed by atoms with Gasteiger partial charge in [0, 0.05) is 60.2 Å². The molecule has 0 aliphatic heterocycles. The molecule has 1 aliphatic carbocycles. The Hall–Kier alpha value is -5.18. The number of carbonyl (C=O) groups excluding carboxylic acids is 1. The first-order chi connectivity index (χ1) is 29.4. The van der Waals surface area contributed by atoms with E-state index in [-0.39, 0.29) is 40.8 Å². The molecule has 14 heteroatoms. The van der Waals surface area contributed by atoms with Crippen molar-refractivity contribution in [3.63, 3.8) is 0 Å². The first-order valence-corrected chi connectivity index (χ1v) is 24.6. The van der Waals surface area contributed by atoms with E-state index in [1.54, 1.807) is 31.4 Å². The van der Waals surface area contributed by atoms with E-state index in [4.69, 9.17) is 26.5 Å². The minimum atomic E-state index is -2.29. The van der Waals surface area contributed by atoms with E-state index >= 15 is 0 Å². The monoisotopic (exact) mass is 881 g/mol. The van der Waals surface area contributed by atoms with Gasteiger partial charge in [-0.15, -0.1) is 0 Å². The summed E-state index contributed by atoms with van der Waals surface area (Å²) >= 11 is 6.78. The van der Waals surface area contributed by atoms with E-state index in [9.17, 15) is 24.6 Å². The molecule has 1 aromatic heterocycles. The zero-order chi connectivity index (χ0) is 44.8. The summed E-state index contributed by atoms with van der Waals surface area (Å²) in [5.74, 6) is 0.320. The Kier molecular flexibility index (Phi) is 14.9. The molecule has 330 valence electrons. The normalized spacial score (nSPS) is 16.2. The van der Waals surface area contributed by atoms with E-state index in [1.807, 2.05) is 54.6 Å². The van der Waals surface area contributed by atoms with Crippen molar-refractivity contribution in [2.75, 3.05) is 23.9 Å². The van der Waals surface area contributed by atoms with Gasteiger partial charge in [-0.25, -0.2) is 4.79 Å². The second-order valence-electron chi connectivity index (χ2n) is 17.8. The summed E-state index contributed by atoms with van der Waals surface area (Å²) in [6.07, 6.45) is 2.87. The van der Waals surface area contributed by atoms with Crippen molar-refractivity contribution in [2.24, 2.45) is 5.73 Å². The van der Waals surface area contributed by atoms with Crippen molar-refractivity contribution in [2.45, 2.75) is 109 Å². The van der Waals surface area contributed by atoms with Crippen LogP contribution >= 0.6 is 11.6 Å². The van der Waals surface area contributed by atoms with Gasteiger partial charge in [0.25, 0.3) is 0 Å². The summed E-state index contributed by atoms with van der Waals surface area (Å²) < 4.78 is 12.7. The van der Waals surface area contributed by atoms with Crippen molar-refractivity contribution in [3.05, 3.63) is 117 Å². The maximum Gasteiger partial charge on any atom is 0.412 e. The number of H-pyrrole nitrogens is 1. The number of aromatic amines is 1. The molecule has 0 unspecified atom stereocenters. The topological polar surface area (TPSA) is 179 Å². The number of halogens is 1. The summed E-state index contributed by atoms with van der Waals surface area (Å²) in [7, 11) is -0.727. The molecule has 12 nitrogen and oxygen atoms in total. The molecule has 0 saturated heterocycles. The van der Waals surface area contributed by atoms with Crippen molar-refractivity contribution in [1.82, 2.24) is 10.3 Å². The van der Waals surface area contributed by atoms with Gasteiger partial charge < -0.3 is 40.7 Å². The number of carboxylic acid groups (broad SMARTS) is 1. The number of anilines is 2. The molecule has 1 fully saturated rings. The summed E-state index contributed by atoms with van der Waals surface area (Å²) in [4.78, 5) is 42.5. The van der Waals surface area contributed by atoms with Crippen LogP contribution in [-0.4, -0.2) is 61.3 Å². The highest BCUT2D eigenvalue weighted by molar-refractivity contribution is 6.74. The summed E-state index contributed by atoms with van der Waals surface area (Å²) in [6.45, 7) is 11.7. The summed E-state index contributed by atoms with van der Waals surface area (Å²) in [5.41, 5.74) is 11.6. The molecule has 6 rings (SSSR count). The number of nitrogens with two attached hydrogens (primary N) is 1. The molecular formula is C48H60ClN5O7Si. The van der Waals surface area contributed by atoms with E-state index in [0.29, 0.717) is 71.8 Å². The van der Waals surface area contributed by atoms with Gasteiger partial charge in [-0.2, -0.15) is 0 Å². The number of phenolic OH excluding ortho intramolecular Hbond substituents is 1. The fourth-order valence-electron chi connectivity index (χ4n) is 7.92. The van der Waals surface area contributed by atoms with Gasteiger partial charge in [0.05, 0.1) is 35.1 Å². The third-order valence-electron chi connectivity index (χ3n) is 12.4. The van der Waals surface area contributed by atoms with Gasteiger partial charge in [-0.1, -0.05) is 80.9 Å². The number of carbonyl (C=O) groups is 2. The number of rotatable bonds is 16. The first kappa shape index (κ1) is 46.3. The fourth-order valence-corrected chi connectivity index (χ4v) is 9.43. The predicted octanol–water partition coefficient (Wildman–Crippen LogP) is 10.1. The van der Waals surface area contributed by atoms with Gasteiger partial charge in [0.1, 0.15) is 11.5 Å². The molecule has 2 amide bonds. The van der Waals surface area contributed by atoms with E-state index in [1.165, 1.54) is 11.0 Å². The Morgan fingerprint density at radius 3 is 2.40 bits per heavy atom. The smallest absolute Gasteiger partial charge is 0.412 e. The third kappa shape index (κ3) is 11.1. The van der Waals surface area contributed by atoms with E-state index in [0.717, 1.165) is 40.7 Å². The van der Waals surface area contributed by atoms with Gasteiger partial charge in [0.15, 0.2) is 8.32 Å². The minimum absolute atomic E-state index is 0.0138. The molecule has 0 radical (unpaired) electrons. The second-order valence-corrected chi connectivity index (χ2v) is 22.9. The van der Waals surface area contributed by atoms with Crippen LogP contribution in [-0.2, 0) is 22.2 Å². The van der Waals surface area contributed by atoms with Crippen LogP contribution in [0.5, 0.6) is 11.5 Å². The summed E-state index contributed by atoms with van der Waals surface area (Å²) in [5, 5.41) is 28.5. The number of ether oxygens (including phenoxy) is 1. The highest BCUT2D eigenvalue weighted by atomic mass is 35.5. The lowest BCUT2D eigenvalue weighted by Gasteiger charge is -2.39. The second kappa shape index (κ2) is 19.9. The van der Waals surface area contributed by atoms with Crippen molar-refractivity contribution < 1.29 is 29.0 Å². The number of phenols is 1. The van der Waals surface area contributed by atoms with E-state index < -0.39 is 20.5 Å². The lowest BCUT2D eigenvalue weighted by molar-refractivity contribution is -0.116. The largest absolute Gasteiger partial charge is 0.506 e. The van der Waals surface area contributed by atoms with Gasteiger partial charge in [0.2, 0.25) is 11.5 Å². The van der Waals surface area contributed by atoms with Crippen LogP contribution in [0.3, 0.4) is 0 Å². The number of nitrogens with zero attached hydrogens (tertiary/aromatic N) is 1. The van der Waals surface area contributed by atoms with Crippen molar-refractivity contribution >= 4 is 54.2 Å². The SMILES string of the molecule is COc1cc(NC(=O)CCCc2ccc(-c3ccccc3)c(N(C(=O)O)C3CCC(N)CC3)c2)c(Cl)cc1CNC[C@H](O[Si](C)(C)C(C)(C)C)c1ccc(O)c2[nH]c(=O)ccc12. The Balaban J connectivity index is 1.13. The highest BCUT2D eigenvalue weighted by Gasteiger charge is 2.40. The number of methoxy groups -OCH3 is 1. The van der Waals surface area contributed by atoms with Crippen LogP contribution in [0.2, 0.25) is 23.2 Å². The van der Waals surface area contributed by atoms with Crippen LogP contribution in [0.15, 0.2) is 89.7 Å². The number of aromatic nitrogens is 1. The number of aryl methyl sites for hydroxylation is 1. The Bertz CT molecular complexity index is 2430. The van der Waals surface area contributed by atoms with Gasteiger partial charge in [-0.05, 0) is 97.6 Å². The van der Waals surface area contributed by atoms with Crippen LogP contribution in [0, 0.1) is 0 Å². The van der Waals surface area contributed by atoms with E-state index in [2.05, 4.69) is 49.5 Å². The number of nitrogens with one attached hydrogen (secondary N) is 3. The molecule has 62 heavy (non-hydrogen) atoms. The molecule has 4 aromatic carbocycles. The lowest BCUT2D eigenvalue weighted by atomic mass is 9.89. The average Bonchev–Trinajstić information content (AvgIpc) is 3.22. The minimum Gasteiger partial charge on any atom is -0.506 e. The van der Waals surface area contributed by atoms with Crippen LogP contribution < -0.4 is 31.6 Å². The Labute approximate surface area is 369 Å². The predicted molar refractivity (Wildman–Crippen MR) is 251 cm³/mol. The number of aromatic hydroxyl groups is 1. The fraction of sp³-hybridized carbons (Fsp3) is 0.396. The zero-order valence-electron chi connectivity index (χ0n) is 36.5. The Morgan fingerprint density at radius 1 is 1.00 bits per heavy atom. The van der Waals surface area contributed by atoms with Gasteiger partial charge in [-0.3, -0.25) is 14.5 Å². The lowest BCUT2D eigenvalue weighted by Crippen LogP contribution is -2.44. The first-order valence-electron chi connectivity index (χ1n) is 21.3. The molecule has 1 saturated carbocycles. The molecule has 7 N–H and O–H groups in total. The van der Waals surface area contributed by atoms with Crippen LogP contribution in [0.4, 0.5) is 16.2 Å². The van der Waals surface area contributed by atoms with Crippen molar-refractivity contribution in [3.8, 4) is 22.6 Å². The standard InChI is InChI=1S/C48H60ClN5O7Si/c1-48(2,3)62(5,6)61-43(36-21-23-41(55)46-37(36)22-24-45(57)53-46)29-51-28-32-26-38(49)39(27-42(32)60-4)52-44(56)14-10-11-30-15-20-35(31-12-8-7-9-13-31)40(25-30)54(47(58)59)34-18-16-33(50)17-19-34/h7-9,12-13,15,20-27,33-34,43,51,55H,10-11,14,16-19,28-29,50H2,1-6H3,(H,52,56)(H,53,57)(H,58,59)/t33?,34?,43-/m0/s1. The molecule has 5 aromatic rings. The Morgan fingerprint density at radius 2 is 1.73 bits per heavy atom. The average molecular weight is 883 g/mol. The molecular weight excluding hydrogens is 822 g/mol. The number of fused-ring (bicyclic) bond motifs is 1. The third-order valence-corrected chi connectivity index (χ3v) is 17.2. The number of hydrogen-bond acceptors (Lipinski definition) is 8. The quantitative estimate of drug-likeness (QED) is 0.0526. The highest BCUT2D eigenvalue weighted by Crippen LogP contribution is 2.42. The number of hydrogen-bond donors (Lipinski definition) is 6. The molecule has 1 heterocycles. The molecule has 1 atom stereocenters. The van der Waals surface area contributed by atoms with Crippen LogP contribution in [0.25, 0.3) is 22.0 Å². The summed E-state index contributed by atoms with van der Waals surface area (Å²) in [6, 6.07) is 25.7.